The van der Waals surface area contributed by atoms with Gasteiger partial charge in [-0.25, -0.2) is 4.79 Å². The number of ether oxygens (including phenoxy) is 2. The second-order valence-electron chi connectivity index (χ2n) is 6.32. The van der Waals surface area contributed by atoms with Crippen LogP contribution in [-0.4, -0.2) is 40.8 Å². The van der Waals surface area contributed by atoms with Crippen LogP contribution >= 0.6 is 11.3 Å². The zero-order chi connectivity index (χ0) is 21.5. The van der Waals surface area contributed by atoms with Crippen molar-refractivity contribution in [2.75, 3.05) is 11.9 Å². The summed E-state index contributed by atoms with van der Waals surface area (Å²) in [5.74, 6) is -1.64. The number of aromatic nitrogens is 2. The standard InChI is InChI=1S/C21H21N3O5S/c1-3-28-21(27)16-12-17(14-7-5-4-6-8-14)30-20(16)23-19(26)13(2)29-18(25)11-15-9-10-22-24-15/h4-10,12-13H,3,11H2,1-2H3,(H,22,24)(H,23,26). The summed E-state index contributed by atoms with van der Waals surface area (Å²) in [6.45, 7) is 3.39. The zero-order valence-corrected chi connectivity index (χ0v) is 17.3. The highest BCUT2D eigenvalue weighted by Gasteiger charge is 2.24. The minimum atomic E-state index is -1.04. The number of H-pyrrole nitrogens is 1. The Hall–Kier alpha value is -3.46. The van der Waals surface area contributed by atoms with E-state index < -0.39 is 23.9 Å². The minimum absolute atomic E-state index is 0.0249. The molecule has 0 spiro atoms. The maximum Gasteiger partial charge on any atom is 0.341 e. The molecule has 0 saturated heterocycles. The predicted molar refractivity (Wildman–Crippen MR) is 112 cm³/mol. The van der Waals surface area contributed by atoms with Gasteiger partial charge in [0.2, 0.25) is 0 Å². The largest absolute Gasteiger partial charge is 0.462 e. The average Bonchev–Trinajstić information content (AvgIpc) is 3.38. The summed E-state index contributed by atoms with van der Waals surface area (Å²) >= 11 is 1.25. The van der Waals surface area contributed by atoms with Gasteiger partial charge in [-0.1, -0.05) is 30.3 Å². The van der Waals surface area contributed by atoms with Crippen LogP contribution in [0.15, 0.2) is 48.7 Å². The Balaban J connectivity index is 1.73. The lowest BCUT2D eigenvalue weighted by atomic mass is 10.1. The van der Waals surface area contributed by atoms with E-state index in [2.05, 4.69) is 15.5 Å². The van der Waals surface area contributed by atoms with Crippen molar-refractivity contribution >= 4 is 34.2 Å². The van der Waals surface area contributed by atoms with E-state index in [0.29, 0.717) is 10.7 Å². The second kappa shape index (κ2) is 9.84. The number of benzene rings is 1. The van der Waals surface area contributed by atoms with Crippen LogP contribution in [0.5, 0.6) is 0 Å². The van der Waals surface area contributed by atoms with E-state index in [1.807, 2.05) is 30.3 Å². The van der Waals surface area contributed by atoms with E-state index in [-0.39, 0.29) is 18.6 Å². The normalized spacial score (nSPS) is 11.5. The highest BCUT2D eigenvalue weighted by atomic mass is 32.1. The molecule has 0 aliphatic carbocycles. The number of esters is 2. The molecule has 2 aromatic heterocycles. The van der Waals surface area contributed by atoms with E-state index in [1.165, 1.54) is 24.5 Å². The molecule has 1 aromatic carbocycles. The first-order chi connectivity index (χ1) is 14.5. The third-order valence-corrected chi connectivity index (χ3v) is 5.19. The number of anilines is 1. The molecule has 0 saturated carbocycles. The van der Waals surface area contributed by atoms with Gasteiger partial charge in [0.1, 0.15) is 5.00 Å². The van der Waals surface area contributed by atoms with Gasteiger partial charge in [-0.15, -0.1) is 11.3 Å². The first kappa shape index (κ1) is 21.3. The number of amides is 1. The van der Waals surface area contributed by atoms with Crippen molar-refractivity contribution in [1.82, 2.24) is 10.2 Å². The summed E-state index contributed by atoms with van der Waals surface area (Å²) in [7, 11) is 0. The summed E-state index contributed by atoms with van der Waals surface area (Å²) in [5.41, 5.74) is 1.75. The number of carbonyl (C=O) groups excluding carboxylic acids is 3. The van der Waals surface area contributed by atoms with E-state index in [1.54, 1.807) is 19.1 Å². The third-order valence-electron chi connectivity index (χ3n) is 4.09. The van der Waals surface area contributed by atoms with Crippen molar-refractivity contribution in [3.05, 3.63) is 59.9 Å². The molecule has 1 unspecified atom stereocenters. The average molecular weight is 427 g/mol. The van der Waals surface area contributed by atoms with Gasteiger partial charge in [-0.05, 0) is 31.5 Å². The van der Waals surface area contributed by atoms with Crippen LogP contribution in [0.2, 0.25) is 0 Å². The maximum atomic E-state index is 12.6. The number of aromatic amines is 1. The van der Waals surface area contributed by atoms with Gasteiger partial charge in [0, 0.05) is 16.8 Å². The SMILES string of the molecule is CCOC(=O)c1cc(-c2ccccc2)sc1NC(=O)C(C)OC(=O)Cc1ccn[nH]1. The summed E-state index contributed by atoms with van der Waals surface area (Å²) in [6.07, 6.45) is 0.456. The summed E-state index contributed by atoms with van der Waals surface area (Å²) in [6, 6.07) is 12.8. The second-order valence-corrected chi connectivity index (χ2v) is 7.37. The number of nitrogens with one attached hydrogen (secondary N) is 2. The van der Waals surface area contributed by atoms with Crippen LogP contribution in [0.3, 0.4) is 0 Å². The van der Waals surface area contributed by atoms with Crippen molar-refractivity contribution < 1.29 is 23.9 Å². The van der Waals surface area contributed by atoms with Crippen molar-refractivity contribution in [3.63, 3.8) is 0 Å². The van der Waals surface area contributed by atoms with Gasteiger partial charge < -0.3 is 14.8 Å². The van der Waals surface area contributed by atoms with Gasteiger partial charge in [0.25, 0.3) is 5.91 Å². The van der Waals surface area contributed by atoms with E-state index in [0.717, 1.165) is 10.4 Å². The molecule has 2 N–H and O–H groups in total. The number of rotatable bonds is 8. The number of nitrogens with zero attached hydrogens (tertiary/aromatic N) is 1. The molecule has 0 radical (unpaired) electrons. The molecule has 3 aromatic rings. The highest BCUT2D eigenvalue weighted by Crippen LogP contribution is 2.36. The maximum absolute atomic E-state index is 12.6. The first-order valence-electron chi connectivity index (χ1n) is 9.33. The van der Waals surface area contributed by atoms with Gasteiger partial charge in [0.05, 0.1) is 18.6 Å². The Morgan fingerprint density at radius 1 is 1.20 bits per heavy atom. The summed E-state index contributed by atoms with van der Waals surface area (Å²) < 4.78 is 10.3. The van der Waals surface area contributed by atoms with Crippen LogP contribution in [0.25, 0.3) is 10.4 Å². The molecule has 1 amide bonds. The van der Waals surface area contributed by atoms with Crippen molar-refractivity contribution in [2.24, 2.45) is 0 Å². The van der Waals surface area contributed by atoms with Crippen LogP contribution in [-0.2, 0) is 25.5 Å². The lowest BCUT2D eigenvalue weighted by molar-refractivity contribution is -0.152. The quantitative estimate of drug-likeness (QED) is 0.533. The Morgan fingerprint density at radius 3 is 2.63 bits per heavy atom. The number of hydrogen-bond acceptors (Lipinski definition) is 7. The molecule has 8 nitrogen and oxygen atoms in total. The molecule has 0 aliphatic rings. The smallest absolute Gasteiger partial charge is 0.341 e. The van der Waals surface area contributed by atoms with E-state index in [4.69, 9.17) is 9.47 Å². The topological polar surface area (TPSA) is 110 Å². The Bertz CT molecular complexity index is 1010. The van der Waals surface area contributed by atoms with E-state index in [9.17, 15) is 14.4 Å². The highest BCUT2D eigenvalue weighted by molar-refractivity contribution is 7.20. The number of carbonyl (C=O) groups is 3. The zero-order valence-electron chi connectivity index (χ0n) is 16.5. The molecular formula is C21H21N3O5S. The Kier molecular flexibility index (Phi) is 6.97. The molecule has 156 valence electrons. The Labute approximate surface area is 177 Å². The fraction of sp³-hybridized carbons (Fsp3) is 0.238. The Morgan fingerprint density at radius 2 is 1.97 bits per heavy atom. The van der Waals surface area contributed by atoms with E-state index >= 15 is 0 Å². The molecule has 2 heterocycles. The molecule has 0 bridgehead atoms. The van der Waals surface area contributed by atoms with Crippen LogP contribution < -0.4 is 5.32 Å². The van der Waals surface area contributed by atoms with Crippen LogP contribution in [0, 0.1) is 0 Å². The lowest BCUT2D eigenvalue weighted by Crippen LogP contribution is -2.30. The number of hydrogen-bond donors (Lipinski definition) is 2. The summed E-state index contributed by atoms with van der Waals surface area (Å²) in [4.78, 5) is 37.7. The molecule has 9 heteroatoms. The third kappa shape index (κ3) is 5.32. The van der Waals surface area contributed by atoms with Crippen LogP contribution in [0.4, 0.5) is 5.00 Å². The van der Waals surface area contributed by atoms with Gasteiger partial charge in [0.15, 0.2) is 6.10 Å². The molecule has 1 atom stereocenters. The molecular weight excluding hydrogens is 406 g/mol. The first-order valence-corrected chi connectivity index (χ1v) is 10.1. The van der Waals surface area contributed by atoms with Crippen molar-refractivity contribution in [1.29, 1.82) is 0 Å². The van der Waals surface area contributed by atoms with Gasteiger partial charge >= 0.3 is 11.9 Å². The van der Waals surface area contributed by atoms with Crippen molar-refractivity contribution in [2.45, 2.75) is 26.4 Å². The number of thiophene rings is 1. The molecule has 3 rings (SSSR count). The molecule has 0 fully saturated rings. The van der Waals surface area contributed by atoms with Crippen molar-refractivity contribution in [3.8, 4) is 10.4 Å². The van der Waals surface area contributed by atoms with Gasteiger partial charge in [-0.3, -0.25) is 14.7 Å². The fourth-order valence-electron chi connectivity index (χ4n) is 2.63. The fourth-order valence-corrected chi connectivity index (χ4v) is 3.69. The summed E-state index contributed by atoms with van der Waals surface area (Å²) in [5, 5.41) is 9.45. The molecule has 30 heavy (non-hydrogen) atoms. The predicted octanol–water partition coefficient (Wildman–Crippen LogP) is 3.43. The minimum Gasteiger partial charge on any atom is -0.462 e. The van der Waals surface area contributed by atoms with Gasteiger partial charge in [-0.2, -0.15) is 5.10 Å². The lowest BCUT2D eigenvalue weighted by Gasteiger charge is -2.13. The molecule has 0 aliphatic heterocycles. The monoisotopic (exact) mass is 427 g/mol. The van der Waals surface area contributed by atoms with Crippen LogP contribution in [0.1, 0.15) is 29.9 Å².